The number of ether oxygens (including phenoxy) is 4. The average molecular weight is 694 g/mol. The van der Waals surface area contributed by atoms with Crippen molar-refractivity contribution in [3.05, 3.63) is 83.2 Å². The minimum absolute atomic E-state index is 0.0509. The maximum atomic E-state index is 13.0. The largest absolute Gasteiger partial charge is 0.491 e. The molecule has 1 saturated heterocycles. The van der Waals surface area contributed by atoms with E-state index in [0.717, 1.165) is 21.6 Å². The molecule has 4 amide bonds. The van der Waals surface area contributed by atoms with Gasteiger partial charge in [0.05, 0.1) is 43.2 Å². The SMILES string of the molecule is O=C1CCC(N2C(=O)c3ccc(OCCOCCOCCOc4ccc(NS(=O)(=O)c5cccs5)c5ccccc45)cc3C2=O)C(=O)N1. The molecule has 0 bridgehead atoms. The number of fused-ring (bicyclic) bond motifs is 2. The molecule has 0 radical (unpaired) electrons. The van der Waals surface area contributed by atoms with E-state index in [2.05, 4.69) is 10.0 Å². The molecule has 2 aliphatic rings. The summed E-state index contributed by atoms with van der Waals surface area (Å²) in [5, 5.41) is 5.35. The third kappa shape index (κ3) is 7.18. The number of nitrogens with zero attached hydrogens (tertiary/aromatic N) is 1. The molecule has 13 nitrogen and oxygen atoms in total. The fourth-order valence-electron chi connectivity index (χ4n) is 5.39. The van der Waals surface area contributed by atoms with E-state index in [0.29, 0.717) is 42.4 Å². The van der Waals surface area contributed by atoms with Crippen molar-refractivity contribution >= 4 is 61.4 Å². The van der Waals surface area contributed by atoms with Crippen LogP contribution >= 0.6 is 11.3 Å². The van der Waals surface area contributed by atoms with Crippen LogP contribution in [0, 0.1) is 0 Å². The van der Waals surface area contributed by atoms with Crippen LogP contribution in [0.2, 0.25) is 0 Å². The average Bonchev–Trinajstić information content (AvgIpc) is 3.71. The van der Waals surface area contributed by atoms with Gasteiger partial charge in [0.1, 0.15) is 35.0 Å². The highest BCUT2D eigenvalue weighted by molar-refractivity contribution is 7.94. The molecule has 4 aromatic rings. The molecular formula is C33H31N3O10S2. The van der Waals surface area contributed by atoms with E-state index < -0.39 is 39.7 Å². The molecule has 2 N–H and O–H groups in total. The number of rotatable bonds is 15. The van der Waals surface area contributed by atoms with E-state index in [4.69, 9.17) is 18.9 Å². The standard InChI is InChI=1S/C33H31N3O10S2/c37-29-12-10-27(31(38)34-29)36-32(39)24-8-7-21(20-25(24)33(36)40)45-17-15-43-13-14-44-16-18-46-28-11-9-26(22-4-1-2-5-23(22)28)35-48(41,42)30-6-3-19-47-30/h1-9,11,19-20,27,35H,10,12-18H2,(H,34,37,38). The summed E-state index contributed by atoms with van der Waals surface area (Å²) in [5.41, 5.74) is 0.776. The quantitative estimate of drug-likeness (QED) is 0.139. The summed E-state index contributed by atoms with van der Waals surface area (Å²) in [7, 11) is -3.69. The van der Waals surface area contributed by atoms with Crippen molar-refractivity contribution in [2.75, 3.05) is 44.4 Å². The summed E-state index contributed by atoms with van der Waals surface area (Å²) < 4.78 is 51.1. The molecule has 3 aromatic carbocycles. The van der Waals surface area contributed by atoms with Crippen molar-refractivity contribution in [1.82, 2.24) is 10.2 Å². The number of amides is 4. The van der Waals surface area contributed by atoms with Gasteiger partial charge in [-0.2, -0.15) is 0 Å². The Hall–Kier alpha value is -4.83. The predicted molar refractivity (Wildman–Crippen MR) is 175 cm³/mol. The van der Waals surface area contributed by atoms with Crippen LogP contribution in [-0.2, 0) is 29.1 Å². The van der Waals surface area contributed by atoms with Crippen LogP contribution < -0.4 is 19.5 Å². The van der Waals surface area contributed by atoms with Crippen LogP contribution in [0.25, 0.3) is 10.8 Å². The van der Waals surface area contributed by atoms with Crippen LogP contribution in [0.4, 0.5) is 5.69 Å². The number of piperidine rings is 1. The number of nitrogens with one attached hydrogen (secondary N) is 2. The Bertz CT molecular complexity index is 1960. The predicted octanol–water partition coefficient (Wildman–Crippen LogP) is 3.59. The van der Waals surface area contributed by atoms with Crippen molar-refractivity contribution in [2.45, 2.75) is 23.1 Å². The third-order valence-corrected chi connectivity index (χ3v) is 10.4. The Labute approximate surface area is 279 Å². The van der Waals surface area contributed by atoms with Gasteiger partial charge in [-0.1, -0.05) is 30.3 Å². The van der Waals surface area contributed by atoms with Crippen molar-refractivity contribution in [3.8, 4) is 11.5 Å². The number of carbonyl (C=O) groups is 4. The number of hydrogen-bond acceptors (Lipinski definition) is 11. The van der Waals surface area contributed by atoms with E-state index in [1.807, 2.05) is 24.3 Å². The van der Waals surface area contributed by atoms with Crippen LogP contribution in [-0.4, -0.2) is 82.6 Å². The first-order valence-electron chi connectivity index (χ1n) is 15.1. The van der Waals surface area contributed by atoms with Crippen LogP contribution in [0.5, 0.6) is 11.5 Å². The topological polar surface area (TPSA) is 167 Å². The van der Waals surface area contributed by atoms with Gasteiger partial charge < -0.3 is 18.9 Å². The Morgan fingerprint density at radius 2 is 1.50 bits per heavy atom. The lowest BCUT2D eigenvalue weighted by Crippen LogP contribution is -2.54. The molecule has 0 aliphatic carbocycles. The Kier molecular flexibility index (Phi) is 10.0. The number of sulfonamides is 1. The number of benzene rings is 3. The maximum absolute atomic E-state index is 13.0. The molecule has 6 rings (SSSR count). The Balaban J connectivity index is 0.899. The monoisotopic (exact) mass is 693 g/mol. The van der Waals surface area contributed by atoms with Crippen molar-refractivity contribution in [1.29, 1.82) is 0 Å². The summed E-state index contributed by atoms with van der Waals surface area (Å²) in [6, 6.07) is 17.5. The summed E-state index contributed by atoms with van der Waals surface area (Å²) in [6.45, 7) is 1.64. The summed E-state index contributed by atoms with van der Waals surface area (Å²) in [4.78, 5) is 50.4. The molecule has 48 heavy (non-hydrogen) atoms. The molecule has 2 aliphatic heterocycles. The molecule has 0 spiro atoms. The summed E-state index contributed by atoms with van der Waals surface area (Å²) >= 11 is 1.15. The van der Waals surface area contributed by atoms with Crippen molar-refractivity contribution < 1.29 is 46.5 Å². The lowest BCUT2D eigenvalue weighted by molar-refractivity contribution is -0.136. The summed E-state index contributed by atoms with van der Waals surface area (Å²) in [6.07, 6.45) is 0.137. The second kappa shape index (κ2) is 14.5. The lowest BCUT2D eigenvalue weighted by Gasteiger charge is -2.27. The van der Waals surface area contributed by atoms with E-state index in [1.54, 1.807) is 35.7 Å². The second-order valence-corrected chi connectivity index (χ2v) is 13.6. The Morgan fingerprint density at radius 3 is 2.23 bits per heavy atom. The molecule has 3 heterocycles. The first kappa shape index (κ1) is 33.1. The van der Waals surface area contributed by atoms with Gasteiger partial charge in [0, 0.05) is 17.2 Å². The second-order valence-electron chi connectivity index (χ2n) is 10.8. The zero-order valence-electron chi connectivity index (χ0n) is 25.5. The smallest absolute Gasteiger partial charge is 0.271 e. The first-order chi connectivity index (χ1) is 23.2. The molecule has 15 heteroatoms. The highest BCUT2D eigenvalue weighted by Crippen LogP contribution is 2.34. The van der Waals surface area contributed by atoms with E-state index in [1.165, 1.54) is 12.1 Å². The van der Waals surface area contributed by atoms with Crippen LogP contribution in [0.15, 0.2) is 76.3 Å². The minimum Gasteiger partial charge on any atom is -0.491 e. The van der Waals surface area contributed by atoms with Gasteiger partial charge in [0.15, 0.2) is 0 Å². The Morgan fingerprint density at radius 1 is 0.792 bits per heavy atom. The highest BCUT2D eigenvalue weighted by atomic mass is 32.2. The van der Waals surface area contributed by atoms with E-state index in [9.17, 15) is 27.6 Å². The molecular weight excluding hydrogens is 663 g/mol. The normalized spacial score (nSPS) is 16.2. The number of imide groups is 2. The number of anilines is 1. The molecule has 1 aromatic heterocycles. The maximum Gasteiger partial charge on any atom is 0.271 e. The summed E-state index contributed by atoms with van der Waals surface area (Å²) in [5.74, 6) is -1.30. The van der Waals surface area contributed by atoms with Gasteiger partial charge in [-0.3, -0.25) is 34.1 Å². The van der Waals surface area contributed by atoms with Gasteiger partial charge in [-0.25, -0.2) is 8.42 Å². The highest BCUT2D eigenvalue weighted by Gasteiger charge is 2.44. The minimum atomic E-state index is -3.69. The molecule has 1 fully saturated rings. The van der Waals surface area contributed by atoms with Gasteiger partial charge in [-0.15, -0.1) is 11.3 Å². The van der Waals surface area contributed by atoms with Crippen molar-refractivity contribution in [2.24, 2.45) is 0 Å². The van der Waals surface area contributed by atoms with Crippen LogP contribution in [0.1, 0.15) is 33.6 Å². The number of hydrogen-bond donors (Lipinski definition) is 2. The van der Waals surface area contributed by atoms with Gasteiger partial charge >= 0.3 is 0 Å². The number of carbonyl (C=O) groups excluding carboxylic acids is 4. The van der Waals surface area contributed by atoms with Gasteiger partial charge in [-0.05, 0) is 48.2 Å². The molecule has 0 saturated carbocycles. The van der Waals surface area contributed by atoms with Crippen molar-refractivity contribution in [3.63, 3.8) is 0 Å². The van der Waals surface area contributed by atoms with E-state index in [-0.39, 0.29) is 48.0 Å². The van der Waals surface area contributed by atoms with Gasteiger partial charge in [0.2, 0.25) is 11.8 Å². The molecule has 250 valence electrons. The number of thiophene rings is 1. The fraction of sp³-hybridized carbons (Fsp3) is 0.273. The van der Waals surface area contributed by atoms with E-state index >= 15 is 0 Å². The zero-order chi connectivity index (χ0) is 33.7. The first-order valence-corrected chi connectivity index (χ1v) is 17.4. The fourth-order valence-corrected chi connectivity index (χ4v) is 7.46. The zero-order valence-corrected chi connectivity index (χ0v) is 27.1. The third-order valence-electron chi connectivity index (χ3n) is 7.65. The van der Waals surface area contributed by atoms with Gasteiger partial charge in [0.25, 0.3) is 21.8 Å². The molecule has 1 unspecified atom stereocenters. The lowest BCUT2D eigenvalue weighted by atomic mass is 10.0. The van der Waals surface area contributed by atoms with Crippen LogP contribution in [0.3, 0.4) is 0 Å². The molecule has 1 atom stereocenters.